The molecule has 0 spiro atoms. The Bertz CT molecular complexity index is 770. The molecule has 0 saturated heterocycles. The first-order valence-electron chi connectivity index (χ1n) is 5.62. The summed E-state index contributed by atoms with van der Waals surface area (Å²) in [6.07, 6.45) is 1.35. The standard InChI is InChI=1S/C13H7ClN4O3/c14-12-6-9(3-4-16-12)13(19)17-10-2-1-8(7-15)5-11(10)18(20)21/h1-6H,(H,17,19). The predicted octanol–water partition coefficient (Wildman–Crippen LogP) is 2.77. The van der Waals surface area contributed by atoms with Gasteiger partial charge in [-0.2, -0.15) is 5.26 Å². The van der Waals surface area contributed by atoms with Crippen LogP contribution < -0.4 is 5.32 Å². The third-order valence-corrected chi connectivity index (χ3v) is 2.77. The van der Waals surface area contributed by atoms with Gasteiger partial charge in [-0.25, -0.2) is 4.98 Å². The van der Waals surface area contributed by atoms with Crippen LogP contribution >= 0.6 is 11.6 Å². The summed E-state index contributed by atoms with van der Waals surface area (Å²) in [6, 6.07) is 8.34. The summed E-state index contributed by atoms with van der Waals surface area (Å²) < 4.78 is 0. The first-order chi connectivity index (χ1) is 10.0. The van der Waals surface area contributed by atoms with Gasteiger partial charge in [0.1, 0.15) is 10.8 Å². The van der Waals surface area contributed by atoms with Gasteiger partial charge in [-0.3, -0.25) is 14.9 Å². The summed E-state index contributed by atoms with van der Waals surface area (Å²) in [7, 11) is 0. The van der Waals surface area contributed by atoms with Crippen molar-refractivity contribution in [2.45, 2.75) is 0 Å². The lowest BCUT2D eigenvalue weighted by Gasteiger charge is -2.06. The molecule has 0 aliphatic carbocycles. The number of nitro benzene ring substituents is 1. The lowest BCUT2D eigenvalue weighted by Crippen LogP contribution is -2.13. The van der Waals surface area contributed by atoms with Crippen LogP contribution in [0.3, 0.4) is 0 Å². The average Bonchev–Trinajstić information content (AvgIpc) is 2.47. The van der Waals surface area contributed by atoms with Gasteiger partial charge < -0.3 is 5.32 Å². The highest BCUT2D eigenvalue weighted by atomic mass is 35.5. The number of benzene rings is 1. The second-order valence-corrected chi connectivity index (χ2v) is 4.31. The quantitative estimate of drug-likeness (QED) is 0.532. The number of hydrogen-bond donors (Lipinski definition) is 1. The van der Waals surface area contributed by atoms with Gasteiger partial charge in [0.25, 0.3) is 11.6 Å². The third kappa shape index (κ3) is 3.32. The molecule has 104 valence electrons. The van der Waals surface area contributed by atoms with Crippen LogP contribution in [0.15, 0.2) is 36.5 Å². The molecule has 1 N–H and O–H groups in total. The summed E-state index contributed by atoms with van der Waals surface area (Å²) >= 11 is 5.68. The van der Waals surface area contributed by atoms with Crippen LogP contribution in [0.4, 0.5) is 11.4 Å². The van der Waals surface area contributed by atoms with Gasteiger partial charge in [0.2, 0.25) is 0 Å². The van der Waals surface area contributed by atoms with E-state index in [4.69, 9.17) is 16.9 Å². The number of carbonyl (C=O) groups excluding carboxylic acids is 1. The van der Waals surface area contributed by atoms with Gasteiger partial charge in [-0.05, 0) is 24.3 Å². The molecule has 1 aromatic heterocycles. The molecule has 0 aliphatic heterocycles. The number of nitriles is 1. The second kappa shape index (κ2) is 5.98. The van der Waals surface area contributed by atoms with E-state index in [9.17, 15) is 14.9 Å². The van der Waals surface area contributed by atoms with E-state index in [-0.39, 0.29) is 27.7 Å². The van der Waals surface area contributed by atoms with Crippen LogP contribution in [-0.4, -0.2) is 15.8 Å². The van der Waals surface area contributed by atoms with Crippen LogP contribution in [0.5, 0.6) is 0 Å². The molecule has 1 aromatic carbocycles. The van der Waals surface area contributed by atoms with Crippen molar-refractivity contribution in [2.24, 2.45) is 0 Å². The molecule has 0 aliphatic rings. The molecule has 21 heavy (non-hydrogen) atoms. The monoisotopic (exact) mass is 302 g/mol. The number of hydrogen-bond acceptors (Lipinski definition) is 5. The largest absolute Gasteiger partial charge is 0.316 e. The van der Waals surface area contributed by atoms with Crippen molar-refractivity contribution in [1.29, 1.82) is 5.26 Å². The molecule has 0 atom stereocenters. The fraction of sp³-hybridized carbons (Fsp3) is 0. The van der Waals surface area contributed by atoms with Crippen molar-refractivity contribution in [3.8, 4) is 6.07 Å². The third-order valence-electron chi connectivity index (χ3n) is 2.56. The molecule has 7 nitrogen and oxygen atoms in total. The number of halogens is 1. The first kappa shape index (κ1) is 14.4. The summed E-state index contributed by atoms with van der Waals surface area (Å²) in [5, 5.41) is 22.3. The van der Waals surface area contributed by atoms with E-state index in [0.717, 1.165) is 6.07 Å². The molecule has 0 unspecified atom stereocenters. The van der Waals surface area contributed by atoms with E-state index >= 15 is 0 Å². The van der Waals surface area contributed by atoms with E-state index in [1.165, 1.54) is 30.5 Å². The summed E-state index contributed by atoms with van der Waals surface area (Å²) in [4.78, 5) is 26.1. The van der Waals surface area contributed by atoms with Crippen molar-refractivity contribution < 1.29 is 9.72 Å². The topological polar surface area (TPSA) is 109 Å². The predicted molar refractivity (Wildman–Crippen MR) is 75.0 cm³/mol. The van der Waals surface area contributed by atoms with Gasteiger partial charge in [0, 0.05) is 17.8 Å². The number of carbonyl (C=O) groups is 1. The Hall–Kier alpha value is -2.98. The molecule has 1 amide bonds. The highest BCUT2D eigenvalue weighted by Gasteiger charge is 2.17. The zero-order valence-corrected chi connectivity index (χ0v) is 11.2. The smallest absolute Gasteiger partial charge is 0.294 e. The Morgan fingerprint density at radius 2 is 2.14 bits per heavy atom. The number of nitrogens with zero attached hydrogens (tertiary/aromatic N) is 3. The van der Waals surface area contributed by atoms with Crippen LogP contribution in [0.1, 0.15) is 15.9 Å². The summed E-state index contributed by atoms with van der Waals surface area (Å²) in [5.74, 6) is -0.563. The highest BCUT2D eigenvalue weighted by Crippen LogP contribution is 2.26. The molecular formula is C13H7ClN4O3. The summed E-state index contributed by atoms with van der Waals surface area (Å²) in [5.41, 5.74) is -0.0141. The maximum absolute atomic E-state index is 12.0. The van der Waals surface area contributed by atoms with E-state index in [1.54, 1.807) is 6.07 Å². The van der Waals surface area contributed by atoms with Crippen molar-refractivity contribution in [3.05, 3.63) is 62.9 Å². The Kier molecular flexibility index (Phi) is 4.11. The van der Waals surface area contributed by atoms with Crippen molar-refractivity contribution in [2.75, 3.05) is 5.32 Å². The minimum atomic E-state index is -0.671. The zero-order chi connectivity index (χ0) is 15.4. The maximum Gasteiger partial charge on any atom is 0.294 e. The normalized spacial score (nSPS) is 9.71. The van der Waals surface area contributed by atoms with Crippen LogP contribution in [0, 0.1) is 21.4 Å². The van der Waals surface area contributed by atoms with E-state index in [2.05, 4.69) is 10.3 Å². The van der Waals surface area contributed by atoms with Gasteiger partial charge in [0.05, 0.1) is 16.6 Å². The Morgan fingerprint density at radius 1 is 1.38 bits per heavy atom. The molecule has 0 fully saturated rings. The Balaban J connectivity index is 2.33. The van der Waals surface area contributed by atoms with Crippen LogP contribution in [0.25, 0.3) is 0 Å². The van der Waals surface area contributed by atoms with Gasteiger partial charge in [0.15, 0.2) is 0 Å². The molecule has 1 heterocycles. The first-order valence-corrected chi connectivity index (χ1v) is 6.00. The number of nitrogens with one attached hydrogen (secondary N) is 1. The SMILES string of the molecule is N#Cc1ccc(NC(=O)c2ccnc(Cl)c2)c([N+](=O)[O-])c1. The highest BCUT2D eigenvalue weighted by molar-refractivity contribution is 6.29. The molecule has 0 radical (unpaired) electrons. The minimum absolute atomic E-state index is 0.00284. The van der Waals surface area contributed by atoms with Crippen LogP contribution in [-0.2, 0) is 0 Å². The number of nitro groups is 1. The molecular weight excluding hydrogens is 296 g/mol. The Morgan fingerprint density at radius 3 is 2.76 bits per heavy atom. The van der Waals surface area contributed by atoms with Crippen LogP contribution in [0.2, 0.25) is 5.15 Å². The zero-order valence-electron chi connectivity index (χ0n) is 10.4. The number of amides is 1. The molecule has 8 heteroatoms. The van der Waals surface area contributed by atoms with Gasteiger partial charge in [-0.15, -0.1) is 0 Å². The Labute approximate surface area is 123 Å². The summed E-state index contributed by atoms with van der Waals surface area (Å²) in [6.45, 7) is 0. The van der Waals surface area contributed by atoms with E-state index in [0.29, 0.717) is 0 Å². The van der Waals surface area contributed by atoms with Crippen molar-refractivity contribution in [3.63, 3.8) is 0 Å². The molecule has 0 saturated carbocycles. The number of rotatable bonds is 3. The van der Waals surface area contributed by atoms with Crippen molar-refractivity contribution in [1.82, 2.24) is 4.98 Å². The maximum atomic E-state index is 12.0. The number of pyridine rings is 1. The molecule has 0 bridgehead atoms. The fourth-order valence-corrected chi connectivity index (χ4v) is 1.77. The molecule has 2 rings (SSSR count). The fourth-order valence-electron chi connectivity index (χ4n) is 1.60. The number of anilines is 1. The lowest BCUT2D eigenvalue weighted by atomic mass is 10.1. The average molecular weight is 303 g/mol. The van der Waals surface area contributed by atoms with Gasteiger partial charge >= 0.3 is 0 Å². The van der Waals surface area contributed by atoms with E-state index in [1.807, 2.05) is 0 Å². The lowest BCUT2D eigenvalue weighted by molar-refractivity contribution is -0.383. The second-order valence-electron chi connectivity index (χ2n) is 3.92. The minimum Gasteiger partial charge on any atom is -0.316 e. The number of aromatic nitrogens is 1. The molecule has 2 aromatic rings. The van der Waals surface area contributed by atoms with Crippen molar-refractivity contribution >= 4 is 28.9 Å². The van der Waals surface area contributed by atoms with Gasteiger partial charge in [-0.1, -0.05) is 11.6 Å². The van der Waals surface area contributed by atoms with E-state index < -0.39 is 10.8 Å².